The summed E-state index contributed by atoms with van der Waals surface area (Å²) in [4.78, 5) is 38.0. The molecule has 0 saturated carbocycles. The number of benzene rings is 1. The van der Waals surface area contributed by atoms with E-state index in [4.69, 9.17) is 18.9 Å². The SMILES string of the molecule is COC(=O)C(Cc1cc(C(C)(C)C)c(OC(C)=O)c(C(C)(C)C)c1)(OC1CCCCO1)C(C)=O. The second-order valence-corrected chi connectivity index (χ2v) is 11.1. The molecule has 34 heavy (non-hydrogen) atoms. The number of carbonyl (C=O) groups is 3. The van der Waals surface area contributed by atoms with E-state index < -0.39 is 29.6 Å². The molecule has 1 aromatic rings. The van der Waals surface area contributed by atoms with Crippen molar-refractivity contribution in [3.05, 3.63) is 28.8 Å². The third-order valence-corrected chi connectivity index (χ3v) is 6.02. The van der Waals surface area contributed by atoms with Gasteiger partial charge in [0.15, 0.2) is 12.1 Å². The predicted octanol–water partition coefficient (Wildman–Crippen LogP) is 4.79. The summed E-state index contributed by atoms with van der Waals surface area (Å²) in [5.74, 6) is -1.10. The molecule has 1 aliphatic rings. The van der Waals surface area contributed by atoms with Crippen molar-refractivity contribution < 1.29 is 33.3 Å². The fraction of sp³-hybridized carbons (Fsp3) is 0.667. The van der Waals surface area contributed by atoms with E-state index in [-0.39, 0.29) is 17.3 Å². The predicted molar refractivity (Wildman–Crippen MR) is 129 cm³/mol. The molecular formula is C27H40O7. The summed E-state index contributed by atoms with van der Waals surface area (Å²) in [6, 6.07) is 3.78. The van der Waals surface area contributed by atoms with Gasteiger partial charge in [-0.2, -0.15) is 0 Å². The van der Waals surface area contributed by atoms with Gasteiger partial charge in [0.05, 0.1) is 7.11 Å². The molecule has 7 nitrogen and oxygen atoms in total. The average Bonchev–Trinajstić information content (AvgIpc) is 2.72. The highest BCUT2D eigenvalue weighted by Gasteiger charge is 2.49. The maximum absolute atomic E-state index is 13.0. The van der Waals surface area contributed by atoms with Gasteiger partial charge in [0.1, 0.15) is 5.75 Å². The lowest BCUT2D eigenvalue weighted by Crippen LogP contribution is -2.53. The Balaban J connectivity index is 2.71. The van der Waals surface area contributed by atoms with E-state index in [1.165, 1.54) is 21.0 Å². The number of esters is 2. The van der Waals surface area contributed by atoms with E-state index in [1.54, 1.807) is 0 Å². The number of rotatable bonds is 7. The van der Waals surface area contributed by atoms with Gasteiger partial charge in [-0.15, -0.1) is 0 Å². The van der Waals surface area contributed by atoms with Crippen molar-refractivity contribution in [2.24, 2.45) is 0 Å². The van der Waals surface area contributed by atoms with Crippen molar-refractivity contribution in [3.8, 4) is 5.75 Å². The van der Waals surface area contributed by atoms with Crippen LogP contribution in [0.3, 0.4) is 0 Å². The largest absolute Gasteiger partial charge is 0.467 e. The Labute approximate surface area is 203 Å². The van der Waals surface area contributed by atoms with Gasteiger partial charge >= 0.3 is 11.9 Å². The van der Waals surface area contributed by atoms with Crippen LogP contribution in [0.15, 0.2) is 12.1 Å². The Morgan fingerprint density at radius 1 is 0.971 bits per heavy atom. The first kappa shape index (κ1) is 28.0. The van der Waals surface area contributed by atoms with E-state index in [1.807, 2.05) is 53.7 Å². The number of carbonyl (C=O) groups excluding carboxylic acids is 3. The van der Waals surface area contributed by atoms with E-state index >= 15 is 0 Å². The first-order chi connectivity index (χ1) is 15.6. The van der Waals surface area contributed by atoms with Crippen LogP contribution in [0.25, 0.3) is 0 Å². The van der Waals surface area contributed by atoms with Gasteiger partial charge in [-0.1, -0.05) is 53.7 Å². The number of methoxy groups -OCH3 is 1. The summed E-state index contributed by atoms with van der Waals surface area (Å²) < 4.78 is 22.6. The van der Waals surface area contributed by atoms with Gasteiger partial charge in [0.2, 0.25) is 5.60 Å². The summed E-state index contributed by atoms with van der Waals surface area (Å²) in [6.07, 6.45) is 1.70. The molecule has 0 radical (unpaired) electrons. The maximum Gasteiger partial charge on any atom is 0.346 e. The molecule has 0 aromatic heterocycles. The molecular weight excluding hydrogens is 436 g/mol. The van der Waals surface area contributed by atoms with Crippen LogP contribution >= 0.6 is 0 Å². The summed E-state index contributed by atoms with van der Waals surface area (Å²) in [7, 11) is 1.25. The van der Waals surface area contributed by atoms with Gasteiger partial charge in [-0.05, 0) is 42.6 Å². The molecule has 1 saturated heterocycles. The molecule has 0 spiro atoms. The summed E-state index contributed by atoms with van der Waals surface area (Å²) in [5, 5.41) is 0. The number of hydrogen-bond donors (Lipinski definition) is 0. The minimum atomic E-state index is -1.84. The lowest BCUT2D eigenvalue weighted by molar-refractivity contribution is -0.229. The monoisotopic (exact) mass is 476 g/mol. The zero-order chi connectivity index (χ0) is 25.9. The molecule has 2 rings (SSSR count). The van der Waals surface area contributed by atoms with Crippen LogP contribution < -0.4 is 4.74 Å². The molecule has 0 aliphatic carbocycles. The molecule has 7 heteroatoms. The quantitative estimate of drug-likeness (QED) is 0.317. The minimum Gasteiger partial charge on any atom is -0.467 e. The lowest BCUT2D eigenvalue weighted by atomic mass is 9.77. The highest BCUT2D eigenvalue weighted by Crippen LogP contribution is 2.42. The average molecular weight is 477 g/mol. The topological polar surface area (TPSA) is 88.1 Å². The highest BCUT2D eigenvalue weighted by molar-refractivity contribution is 6.06. The summed E-state index contributed by atoms with van der Waals surface area (Å²) in [5.41, 5.74) is -0.273. The zero-order valence-electron chi connectivity index (χ0n) is 22.1. The van der Waals surface area contributed by atoms with Crippen molar-refractivity contribution in [2.45, 2.75) is 104 Å². The fourth-order valence-electron chi connectivity index (χ4n) is 4.15. The molecule has 1 aliphatic heterocycles. The van der Waals surface area contributed by atoms with E-state index in [9.17, 15) is 14.4 Å². The Kier molecular flexibility index (Phi) is 8.70. The van der Waals surface area contributed by atoms with Gasteiger partial charge < -0.3 is 18.9 Å². The number of ketones is 1. The van der Waals surface area contributed by atoms with Gasteiger partial charge in [-0.3, -0.25) is 9.59 Å². The summed E-state index contributed by atoms with van der Waals surface area (Å²) in [6.45, 7) is 15.4. The first-order valence-electron chi connectivity index (χ1n) is 11.9. The number of ether oxygens (including phenoxy) is 4. The second-order valence-electron chi connectivity index (χ2n) is 11.1. The molecule has 1 fully saturated rings. The van der Waals surface area contributed by atoms with Crippen LogP contribution in [0, 0.1) is 0 Å². The van der Waals surface area contributed by atoms with E-state index in [0.29, 0.717) is 24.3 Å². The van der Waals surface area contributed by atoms with Crippen LogP contribution in [0.2, 0.25) is 0 Å². The zero-order valence-corrected chi connectivity index (χ0v) is 22.1. The Morgan fingerprint density at radius 3 is 1.91 bits per heavy atom. The van der Waals surface area contributed by atoms with Gasteiger partial charge in [-0.25, -0.2) is 4.79 Å². The molecule has 1 aromatic carbocycles. The molecule has 2 unspecified atom stereocenters. The minimum absolute atomic E-state index is 0.0264. The van der Waals surface area contributed by atoms with Gasteiger partial charge in [0.25, 0.3) is 0 Å². The first-order valence-corrected chi connectivity index (χ1v) is 11.9. The molecule has 0 amide bonds. The second kappa shape index (κ2) is 10.6. The van der Waals surface area contributed by atoms with Gasteiger partial charge in [0, 0.05) is 31.1 Å². The number of Topliss-reactive ketones (excluding diaryl/α,β-unsaturated/α-hetero) is 1. The third kappa shape index (κ3) is 6.45. The van der Waals surface area contributed by atoms with Crippen molar-refractivity contribution >= 4 is 17.7 Å². The molecule has 190 valence electrons. The number of hydrogen-bond acceptors (Lipinski definition) is 7. The Hall–Kier alpha value is -2.25. The lowest BCUT2D eigenvalue weighted by Gasteiger charge is -2.35. The van der Waals surface area contributed by atoms with Crippen LogP contribution in [0.5, 0.6) is 5.75 Å². The van der Waals surface area contributed by atoms with Crippen LogP contribution in [-0.4, -0.2) is 43.3 Å². The van der Waals surface area contributed by atoms with Crippen LogP contribution in [-0.2, 0) is 45.8 Å². The van der Waals surface area contributed by atoms with Crippen molar-refractivity contribution in [1.29, 1.82) is 0 Å². The fourth-order valence-corrected chi connectivity index (χ4v) is 4.15. The Morgan fingerprint density at radius 2 is 1.53 bits per heavy atom. The standard InChI is InChI=1S/C27H40O7/c1-17(28)27(24(30)31-9,34-22-12-10-11-13-32-22)16-19-14-20(25(3,4)5)23(33-18(2)29)21(15-19)26(6,7)8/h14-15,22H,10-13,16H2,1-9H3. The van der Waals surface area contributed by atoms with Crippen molar-refractivity contribution in [1.82, 2.24) is 0 Å². The summed E-state index contributed by atoms with van der Waals surface area (Å²) >= 11 is 0. The van der Waals surface area contributed by atoms with Crippen molar-refractivity contribution in [2.75, 3.05) is 13.7 Å². The Bertz CT molecular complexity index is 879. The van der Waals surface area contributed by atoms with Crippen molar-refractivity contribution in [3.63, 3.8) is 0 Å². The van der Waals surface area contributed by atoms with E-state index in [2.05, 4.69) is 0 Å². The molecule has 2 atom stereocenters. The molecule has 0 N–H and O–H groups in total. The smallest absolute Gasteiger partial charge is 0.346 e. The van der Waals surface area contributed by atoms with Crippen LogP contribution in [0.4, 0.5) is 0 Å². The molecule has 1 heterocycles. The molecule has 0 bridgehead atoms. The highest BCUT2D eigenvalue weighted by atomic mass is 16.7. The normalized spacial score (nSPS) is 18.7. The third-order valence-electron chi connectivity index (χ3n) is 6.02. The van der Waals surface area contributed by atoms with E-state index in [0.717, 1.165) is 24.0 Å². The maximum atomic E-state index is 13.0. The van der Waals surface area contributed by atoms with Crippen LogP contribution in [0.1, 0.15) is 91.3 Å².